The van der Waals surface area contributed by atoms with Crippen molar-refractivity contribution >= 4 is 29.7 Å². The molecule has 0 fully saturated rings. The average molecular weight is 338 g/mol. The van der Waals surface area contributed by atoms with Crippen molar-refractivity contribution in [1.29, 1.82) is 0 Å². The van der Waals surface area contributed by atoms with Gasteiger partial charge in [0.05, 0.1) is 5.52 Å². The van der Waals surface area contributed by atoms with Gasteiger partial charge in [0.2, 0.25) is 0 Å². The SMILES string of the molecule is CC(C)c1nc2nc(C(N)=O)ccc2n1Cc1ccc(B(O)O)cc1. The summed E-state index contributed by atoms with van der Waals surface area (Å²) in [6.07, 6.45) is 0. The zero-order valence-electron chi connectivity index (χ0n) is 14.0. The lowest BCUT2D eigenvalue weighted by Gasteiger charge is -2.12. The molecule has 0 saturated carbocycles. The van der Waals surface area contributed by atoms with Crippen LogP contribution in [-0.2, 0) is 6.54 Å². The minimum absolute atomic E-state index is 0.171. The molecule has 0 bridgehead atoms. The molecule has 2 aromatic heterocycles. The van der Waals surface area contributed by atoms with E-state index in [4.69, 9.17) is 5.73 Å². The molecule has 2 heterocycles. The van der Waals surface area contributed by atoms with Crippen molar-refractivity contribution in [3.8, 4) is 0 Å². The van der Waals surface area contributed by atoms with Crippen LogP contribution in [0.25, 0.3) is 11.2 Å². The van der Waals surface area contributed by atoms with Crippen molar-refractivity contribution in [2.75, 3.05) is 0 Å². The number of hydrogen-bond donors (Lipinski definition) is 3. The van der Waals surface area contributed by atoms with Gasteiger partial charge in [-0.05, 0) is 23.2 Å². The van der Waals surface area contributed by atoms with E-state index < -0.39 is 13.0 Å². The fraction of sp³-hybridized carbons (Fsp3) is 0.235. The van der Waals surface area contributed by atoms with E-state index in [0.29, 0.717) is 17.7 Å². The normalized spacial score (nSPS) is 11.2. The molecule has 1 amide bonds. The van der Waals surface area contributed by atoms with Crippen LogP contribution in [0.15, 0.2) is 36.4 Å². The van der Waals surface area contributed by atoms with Gasteiger partial charge in [-0.3, -0.25) is 4.79 Å². The molecule has 0 aliphatic carbocycles. The first-order chi connectivity index (χ1) is 11.9. The molecule has 0 radical (unpaired) electrons. The van der Waals surface area contributed by atoms with Crippen molar-refractivity contribution < 1.29 is 14.8 Å². The van der Waals surface area contributed by atoms with Gasteiger partial charge in [0, 0.05) is 12.5 Å². The van der Waals surface area contributed by atoms with Crippen molar-refractivity contribution in [3.63, 3.8) is 0 Å². The van der Waals surface area contributed by atoms with Crippen LogP contribution in [0, 0.1) is 0 Å². The molecule has 8 heteroatoms. The summed E-state index contributed by atoms with van der Waals surface area (Å²) in [5, 5.41) is 18.4. The van der Waals surface area contributed by atoms with Gasteiger partial charge in [0.25, 0.3) is 5.91 Å². The number of amides is 1. The van der Waals surface area contributed by atoms with E-state index in [0.717, 1.165) is 16.9 Å². The first kappa shape index (κ1) is 17.1. The summed E-state index contributed by atoms with van der Waals surface area (Å²) in [7, 11) is -1.48. The molecule has 1 aromatic carbocycles. The lowest BCUT2D eigenvalue weighted by molar-refractivity contribution is 0.0996. The predicted octanol–water partition coefficient (Wildman–Crippen LogP) is 0.382. The van der Waals surface area contributed by atoms with Crippen LogP contribution in [0.2, 0.25) is 0 Å². The highest BCUT2D eigenvalue weighted by molar-refractivity contribution is 6.58. The third-order valence-corrected chi connectivity index (χ3v) is 4.03. The Morgan fingerprint density at radius 1 is 1.16 bits per heavy atom. The Morgan fingerprint density at radius 2 is 1.84 bits per heavy atom. The van der Waals surface area contributed by atoms with Gasteiger partial charge in [-0.15, -0.1) is 0 Å². The quantitative estimate of drug-likeness (QED) is 0.582. The number of fused-ring (bicyclic) bond motifs is 1. The van der Waals surface area contributed by atoms with Gasteiger partial charge in [0.15, 0.2) is 5.65 Å². The van der Waals surface area contributed by atoms with Gasteiger partial charge >= 0.3 is 7.12 Å². The molecular formula is C17H19BN4O3. The molecule has 0 aliphatic heterocycles. The molecule has 0 spiro atoms. The number of carbonyl (C=O) groups is 1. The molecular weight excluding hydrogens is 319 g/mol. The summed E-state index contributed by atoms with van der Waals surface area (Å²) in [4.78, 5) is 20.1. The first-order valence-corrected chi connectivity index (χ1v) is 7.98. The zero-order valence-corrected chi connectivity index (χ0v) is 14.0. The summed E-state index contributed by atoms with van der Waals surface area (Å²) < 4.78 is 2.04. The second-order valence-electron chi connectivity index (χ2n) is 6.23. The smallest absolute Gasteiger partial charge is 0.423 e. The van der Waals surface area contributed by atoms with Crippen LogP contribution >= 0.6 is 0 Å². The Morgan fingerprint density at radius 3 is 2.40 bits per heavy atom. The highest BCUT2D eigenvalue weighted by Gasteiger charge is 2.17. The Labute approximate surface area is 145 Å². The number of hydrogen-bond acceptors (Lipinski definition) is 5. The number of nitrogens with two attached hydrogens (primary N) is 1. The van der Waals surface area contributed by atoms with Crippen LogP contribution in [0.3, 0.4) is 0 Å². The van der Waals surface area contributed by atoms with Crippen LogP contribution < -0.4 is 11.2 Å². The van der Waals surface area contributed by atoms with E-state index in [1.807, 2.05) is 30.5 Å². The lowest BCUT2D eigenvalue weighted by Crippen LogP contribution is -2.29. The summed E-state index contributed by atoms with van der Waals surface area (Å²) in [6.45, 7) is 4.64. The van der Waals surface area contributed by atoms with Gasteiger partial charge in [-0.2, -0.15) is 0 Å². The van der Waals surface area contributed by atoms with Crippen LogP contribution in [0.4, 0.5) is 0 Å². The number of benzene rings is 1. The maximum atomic E-state index is 11.3. The number of primary amides is 1. The van der Waals surface area contributed by atoms with Crippen molar-refractivity contribution in [2.45, 2.75) is 26.3 Å². The van der Waals surface area contributed by atoms with E-state index in [-0.39, 0.29) is 11.6 Å². The number of nitrogens with zero attached hydrogens (tertiary/aromatic N) is 3. The third-order valence-electron chi connectivity index (χ3n) is 4.03. The third kappa shape index (κ3) is 3.40. The molecule has 0 saturated heterocycles. The van der Waals surface area contributed by atoms with Crippen molar-refractivity contribution in [3.05, 3.63) is 53.5 Å². The molecule has 25 heavy (non-hydrogen) atoms. The van der Waals surface area contributed by atoms with Crippen molar-refractivity contribution in [1.82, 2.24) is 14.5 Å². The van der Waals surface area contributed by atoms with E-state index >= 15 is 0 Å². The molecule has 4 N–H and O–H groups in total. The largest absolute Gasteiger partial charge is 0.488 e. The number of pyridine rings is 1. The van der Waals surface area contributed by atoms with Gasteiger partial charge in [0.1, 0.15) is 11.5 Å². The minimum Gasteiger partial charge on any atom is -0.423 e. The topological polar surface area (TPSA) is 114 Å². The Kier molecular flexibility index (Phi) is 4.56. The second-order valence-corrected chi connectivity index (χ2v) is 6.23. The van der Waals surface area contributed by atoms with Gasteiger partial charge in [-0.25, -0.2) is 9.97 Å². The Bertz CT molecular complexity index is 920. The van der Waals surface area contributed by atoms with Crippen LogP contribution in [0.1, 0.15) is 41.6 Å². The standard InChI is InChI=1S/C17H19BN4O3/c1-10(2)17-21-16-14(8-7-13(20-16)15(19)23)22(17)9-11-3-5-12(6-4-11)18(24)25/h3-8,10,24-25H,9H2,1-2H3,(H2,19,23). The summed E-state index contributed by atoms with van der Waals surface area (Å²) >= 11 is 0. The minimum atomic E-state index is -1.48. The summed E-state index contributed by atoms with van der Waals surface area (Å²) in [6, 6.07) is 10.4. The average Bonchev–Trinajstić information content (AvgIpc) is 2.93. The van der Waals surface area contributed by atoms with Gasteiger partial charge in [-0.1, -0.05) is 38.1 Å². The predicted molar refractivity (Wildman–Crippen MR) is 95.5 cm³/mol. The molecule has 7 nitrogen and oxygen atoms in total. The lowest BCUT2D eigenvalue weighted by atomic mass is 9.80. The molecule has 0 atom stereocenters. The maximum absolute atomic E-state index is 11.3. The molecule has 3 rings (SSSR count). The molecule has 3 aromatic rings. The first-order valence-electron chi connectivity index (χ1n) is 7.98. The maximum Gasteiger partial charge on any atom is 0.488 e. The Balaban J connectivity index is 2.04. The van der Waals surface area contributed by atoms with Crippen LogP contribution in [-0.4, -0.2) is 37.6 Å². The molecule has 128 valence electrons. The number of rotatable bonds is 5. The number of carbonyl (C=O) groups excluding carboxylic acids is 1. The van der Waals surface area contributed by atoms with Crippen LogP contribution in [0.5, 0.6) is 0 Å². The monoisotopic (exact) mass is 338 g/mol. The van der Waals surface area contributed by atoms with E-state index in [1.165, 1.54) is 0 Å². The Hall–Kier alpha value is -2.71. The summed E-state index contributed by atoms with van der Waals surface area (Å²) in [5.74, 6) is 0.445. The highest BCUT2D eigenvalue weighted by Crippen LogP contribution is 2.22. The van der Waals surface area contributed by atoms with E-state index in [9.17, 15) is 14.8 Å². The molecule has 0 aliphatic rings. The van der Waals surface area contributed by atoms with E-state index in [1.54, 1.807) is 24.3 Å². The number of imidazole rings is 1. The van der Waals surface area contributed by atoms with Crippen molar-refractivity contribution in [2.24, 2.45) is 5.73 Å². The van der Waals surface area contributed by atoms with E-state index in [2.05, 4.69) is 9.97 Å². The summed E-state index contributed by atoms with van der Waals surface area (Å²) in [5.41, 5.74) is 8.22. The van der Waals surface area contributed by atoms with Gasteiger partial charge < -0.3 is 20.3 Å². The number of aromatic nitrogens is 3. The fourth-order valence-electron chi connectivity index (χ4n) is 2.75. The highest BCUT2D eigenvalue weighted by atomic mass is 16.4. The fourth-order valence-corrected chi connectivity index (χ4v) is 2.75. The molecule has 0 unspecified atom stereocenters. The second kappa shape index (κ2) is 6.66. The zero-order chi connectivity index (χ0) is 18.1.